The third kappa shape index (κ3) is 4.67. The molecule has 2 unspecified atom stereocenters. The van der Waals surface area contributed by atoms with E-state index in [9.17, 15) is 14.4 Å². The number of methoxy groups -OCH3 is 1. The van der Waals surface area contributed by atoms with Crippen LogP contribution in [0.15, 0.2) is 47.8 Å². The molecule has 2 aromatic rings. The molecule has 0 N–H and O–H groups in total. The zero-order valence-electron chi connectivity index (χ0n) is 16.7. The van der Waals surface area contributed by atoms with Crippen LogP contribution in [0.4, 0.5) is 5.69 Å². The summed E-state index contributed by atoms with van der Waals surface area (Å²) in [5.41, 5.74) is 0.663. The Bertz CT molecular complexity index is 838. The molecule has 0 radical (unpaired) electrons. The molecular weight excluding hydrogens is 388 g/mol. The number of piperidine rings is 1. The number of amides is 2. The first kappa shape index (κ1) is 21.0. The monoisotopic (exact) mass is 414 g/mol. The van der Waals surface area contributed by atoms with Crippen molar-refractivity contribution in [3.8, 4) is 0 Å². The van der Waals surface area contributed by atoms with Gasteiger partial charge < -0.3 is 9.64 Å². The number of likely N-dealkylation sites (tertiary alicyclic amines) is 1. The van der Waals surface area contributed by atoms with Crippen molar-refractivity contribution < 1.29 is 19.1 Å². The number of rotatable bonds is 6. The third-order valence-electron chi connectivity index (χ3n) is 5.23. The van der Waals surface area contributed by atoms with Crippen LogP contribution in [-0.4, -0.2) is 48.9 Å². The zero-order valence-corrected chi connectivity index (χ0v) is 17.6. The quantitative estimate of drug-likeness (QED) is 0.678. The second kappa shape index (κ2) is 9.69. The predicted octanol–water partition coefficient (Wildman–Crippen LogP) is 3.59. The molecule has 1 aromatic carbocycles. The van der Waals surface area contributed by atoms with Gasteiger partial charge in [-0.3, -0.25) is 14.5 Å². The van der Waals surface area contributed by atoms with Crippen LogP contribution in [-0.2, 0) is 14.3 Å². The minimum absolute atomic E-state index is 0.0382. The smallest absolute Gasteiger partial charge is 0.328 e. The summed E-state index contributed by atoms with van der Waals surface area (Å²) in [6.07, 6.45) is 1.89. The molecule has 2 atom stereocenters. The van der Waals surface area contributed by atoms with E-state index in [4.69, 9.17) is 4.74 Å². The average Bonchev–Trinajstić information content (AvgIpc) is 3.31. The van der Waals surface area contributed by atoms with Crippen LogP contribution in [0, 0.1) is 5.92 Å². The second-order valence-corrected chi connectivity index (χ2v) is 8.01. The van der Waals surface area contributed by atoms with Gasteiger partial charge in [0.2, 0.25) is 5.91 Å². The lowest BCUT2D eigenvalue weighted by Crippen LogP contribution is -2.52. The van der Waals surface area contributed by atoms with Crippen molar-refractivity contribution in [2.45, 2.75) is 32.2 Å². The maximum Gasteiger partial charge on any atom is 0.328 e. The van der Waals surface area contributed by atoms with E-state index in [-0.39, 0.29) is 17.7 Å². The Labute approximate surface area is 175 Å². The molecule has 1 fully saturated rings. The minimum atomic E-state index is -0.696. The first-order chi connectivity index (χ1) is 14.1. The van der Waals surface area contributed by atoms with E-state index in [1.807, 2.05) is 48.7 Å². The van der Waals surface area contributed by atoms with Crippen LogP contribution in [0.25, 0.3) is 0 Å². The lowest BCUT2D eigenvalue weighted by Gasteiger charge is -2.37. The van der Waals surface area contributed by atoms with E-state index in [1.165, 1.54) is 18.4 Å². The highest BCUT2D eigenvalue weighted by Crippen LogP contribution is 2.27. The van der Waals surface area contributed by atoms with E-state index >= 15 is 0 Å². The number of nitrogens with zero attached hydrogens (tertiary/aromatic N) is 2. The molecule has 0 bridgehead atoms. The Morgan fingerprint density at radius 2 is 1.97 bits per heavy atom. The number of ether oxygens (including phenoxy) is 1. The summed E-state index contributed by atoms with van der Waals surface area (Å²) >= 11 is 1.41. The van der Waals surface area contributed by atoms with Gasteiger partial charge in [-0.2, -0.15) is 0 Å². The summed E-state index contributed by atoms with van der Waals surface area (Å²) in [6, 6.07) is 12.1. The predicted molar refractivity (Wildman–Crippen MR) is 113 cm³/mol. The minimum Gasteiger partial charge on any atom is -0.467 e. The van der Waals surface area contributed by atoms with Crippen molar-refractivity contribution >= 4 is 34.8 Å². The number of thiophene rings is 1. The van der Waals surface area contributed by atoms with Crippen LogP contribution >= 0.6 is 11.3 Å². The third-order valence-corrected chi connectivity index (χ3v) is 6.09. The van der Waals surface area contributed by atoms with Gasteiger partial charge in [-0.05, 0) is 42.8 Å². The number of hydrogen-bond donors (Lipinski definition) is 0. The van der Waals surface area contributed by atoms with Gasteiger partial charge in [0.25, 0.3) is 5.91 Å². The van der Waals surface area contributed by atoms with Crippen molar-refractivity contribution in [2.24, 2.45) is 5.92 Å². The molecule has 1 aliphatic rings. The molecule has 0 aliphatic carbocycles. The first-order valence-corrected chi connectivity index (χ1v) is 10.7. The van der Waals surface area contributed by atoms with Crippen molar-refractivity contribution in [1.29, 1.82) is 0 Å². The fourth-order valence-electron chi connectivity index (χ4n) is 3.76. The van der Waals surface area contributed by atoms with Gasteiger partial charge in [0, 0.05) is 18.8 Å². The molecule has 1 saturated heterocycles. The van der Waals surface area contributed by atoms with Gasteiger partial charge in [-0.15, -0.1) is 11.3 Å². The SMILES string of the molecule is CCC(C(=O)OC)N(C(=O)C1CCCN(C(=O)c2cccs2)C1)c1ccccc1. The van der Waals surface area contributed by atoms with Gasteiger partial charge >= 0.3 is 5.97 Å². The Morgan fingerprint density at radius 1 is 1.21 bits per heavy atom. The lowest BCUT2D eigenvalue weighted by molar-refractivity contribution is -0.144. The van der Waals surface area contributed by atoms with E-state index in [0.717, 1.165) is 6.42 Å². The normalized spacial score (nSPS) is 17.4. The topological polar surface area (TPSA) is 66.9 Å². The van der Waals surface area contributed by atoms with Crippen LogP contribution in [0.2, 0.25) is 0 Å². The molecular formula is C22H26N2O4S. The molecule has 3 rings (SSSR count). The standard InChI is InChI=1S/C22H26N2O4S/c1-3-18(22(27)28-2)24(17-10-5-4-6-11-17)20(25)16-9-7-13-23(15-16)21(26)19-12-8-14-29-19/h4-6,8,10-12,14,16,18H,3,7,9,13,15H2,1-2H3. The molecule has 1 aromatic heterocycles. The Balaban J connectivity index is 1.85. The van der Waals surface area contributed by atoms with Crippen molar-refractivity contribution in [2.75, 3.05) is 25.1 Å². The fraction of sp³-hybridized carbons (Fsp3) is 0.409. The number of esters is 1. The summed E-state index contributed by atoms with van der Waals surface area (Å²) in [4.78, 5) is 42.7. The van der Waals surface area contributed by atoms with Crippen LogP contribution in [0.3, 0.4) is 0 Å². The van der Waals surface area contributed by atoms with E-state index in [1.54, 1.807) is 15.9 Å². The number of benzene rings is 1. The molecule has 7 heteroatoms. The van der Waals surface area contributed by atoms with Gasteiger partial charge in [-0.1, -0.05) is 31.2 Å². The molecule has 2 amide bonds. The van der Waals surface area contributed by atoms with E-state index < -0.39 is 12.0 Å². The maximum atomic E-state index is 13.6. The summed E-state index contributed by atoms with van der Waals surface area (Å²) in [5, 5.41) is 1.87. The Kier molecular flexibility index (Phi) is 7.04. The number of carbonyl (C=O) groups excluding carboxylic acids is 3. The summed E-state index contributed by atoms with van der Waals surface area (Å²) in [7, 11) is 1.33. The molecule has 2 heterocycles. The van der Waals surface area contributed by atoms with Crippen molar-refractivity contribution in [3.05, 3.63) is 52.7 Å². The summed E-state index contributed by atoms with van der Waals surface area (Å²) in [5.74, 6) is -0.973. The molecule has 0 saturated carbocycles. The first-order valence-electron chi connectivity index (χ1n) is 9.85. The largest absolute Gasteiger partial charge is 0.467 e. The fourth-order valence-corrected chi connectivity index (χ4v) is 4.45. The van der Waals surface area contributed by atoms with Crippen LogP contribution in [0.1, 0.15) is 35.9 Å². The highest BCUT2D eigenvalue weighted by molar-refractivity contribution is 7.12. The molecule has 0 spiro atoms. The number of carbonyl (C=O) groups is 3. The van der Waals surface area contributed by atoms with Gasteiger partial charge in [0.1, 0.15) is 6.04 Å². The van der Waals surface area contributed by atoms with Gasteiger partial charge in [0.05, 0.1) is 17.9 Å². The Morgan fingerprint density at radius 3 is 2.59 bits per heavy atom. The van der Waals surface area contributed by atoms with E-state index in [0.29, 0.717) is 36.5 Å². The zero-order chi connectivity index (χ0) is 20.8. The van der Waals surface area contributed by atoms with Crippen molar-refractivity contribution in [1.82, 2.24) is 4.90 Å². The number of para-hydroxylation sites is 1. The molecule has 1 aliphatic heterocycles. The highest BCUT2D eigenvalue weighted by Gasteiger charge is 2.37. The molecule has 154 valence electrons. The average molecular weight is 415 g/mol. The number of hydrogen-bond acceptors (Lipinski definition) is 5. The second-order valence-electron chi connectivity index (χ2n) is 7.06. The summed E-state index contributed by atoms with van der Waals surface area (Å²) < 4.78 is 4.96. The molecule has 29 heavy (non-hydrogen) atoms. The van der Waals surface area contributed by atoms with Gasteiger partial charge in [-0.25, -0.2) is 4.79 Å². The van der Waals surface area contributed by atoms with Crippen molar-refractivity contribution in [3.63, 3.8) is 0 Å². The highest BCUT2D eigenvalue weighted by atomic mass is 32.1. The van der Waals surface area contributed by atoms with Crippen LogP contribution in [0.5, 0.6) is 0 Å². The maximum absolute atomic E-state index is 13.6. The lowest BCUT2D eigenvalue weighted by atomic mass is 9.95. The van der Waals surface area contributed by atoms with Gasteiger partial charge in [0.15, 0.2) is 0 Å². The number of anilines is 1. The summed E-state index contributed by atoms with van der Waals surface area (Å²) in [6.45, 7) is 2.86. The molecule has 6 nitrogen and oxygen atoms in total. The van der Waals surface area contributed by atoms with Crippen LogP contribution < -0.4 is 4.90 Å². The van der Waals surface area contributed by atoms with E-state index in [2.05, 4.69) is 0 Å². The Hall–Kier alpha value is -2.67.